The lowest BCUT2D eigenvalue weighted by atomic mass is 9.96. The molecule has 2 aliphatic rings. The highest BCUT2D eigenvalue weighted by Gasteiger charge is 2.50. The highest BCUT2D eigenvalue weighted by Crippen LogP contribution is 2.37. The van der Waals surface area contributed by atoms with Crippen LogP contribution in [-0.2, 0) is 28.2 Å². The number of unbranched alkanes of at least 4 members (excludes halogenated alkanes) is 3. The minimum absolute atomic E-state index is 0.0299. The summed E-state index contributed by atoms with van der Waals surface area (Å²) in [6.07, 6.45) is -7.17. The summed E-state index contributed by atoms with van der Waals surface area (Å²) in [5.41, 5.74) is 0. The second-order valence-corrected chi connectivity index (χ2v) is 10.4. The van der Waals surface area contributed by atoms with Crippen LogP contribution in [0.2, 0.25) is 0 Å². The van der Waals surface area contributed by atoms with Crippen molar-refractivity contribution in [2.24, 2.45) is 0 Å². The third-order valence-electron chi connectivity index (χ3n) is 5.93. The maximum Gasteiger partial charge on any atom is 0.325 e. The Hall–Kier alpha value is -0.690. The molecule has 0 radical (unpaired) electrons. The first-order valence-corrected chi connectivity index (χ1v) is 13.2. The monoisotopic (exact) mass is 528 g/mol. The van der Waals surface area contributed by atoms with Crippen LogP contribution in [0.25, 0.3) is 0 Å². The second-order valence-electron chi connectivity index (χ2n) is 8.64. The van der Waals surface area contributed by atoms with Gasteiger partial charge in [-0.05, 0) is 19.3 Å². The Balaban J connectivity index is 1.96. The molecule has 0 aromatic heterocycles. The number of rotatable bonds is 13. The summed E-state index contributed by atoms with van der Waals surface area (Å²) in [4.78, 5) is 18.2. The molecule has 10 atom stereocenters. The second kappa shape index (κ2) is 14.3. The fraction of sp³-hybridized carbons (Fsp3) is 0.905. The smallest absolute Gasteiger partial charge is 0.325 e. The van der Waals surface area contributed by atoms with Crippen LogP contribution in [0.4, 0.5) is 0 Å². The summed E-state index contributed by atoms with van der Waals surface area (Å²) >= 11 is 0. The summed E-state index contributed by atoms with van der Waals surface area (Å²) in [5.74, 6) is 2.56. The molecular formula is C21H37O13P. The summed E-state index contributed by atoms with van der Waals surface area (Å²) in [7, 11) is -3.14. The van der Waals surface area contributed by atoms with Crippen LogP contribution in [0.5, 0.6) is 0 Å². The number of methoxy groups -OCH3 is 1. The Bertz CT molecular complexity index is 710. The predicted molar refractivity (Wildman–Crippen MR) is 119 cm³/mol. The zero-order valence-electron chi connectivity index (χ0n) is 19.5. The molecule has 0 aliphatic carbocycles. The topological polar surface area (TPSA) is 205 Å². The normalized spacial score (nSPS) is 38.3. The van der Waals surface area contributed by atoms with Gasteiger partial charge in [-0.25, -0.2) is 0 Å². The van der Waals surface area contributed by atoms with Gasteiger partial charge in [0.2, 0.25) is 0 Å². The van der Waals surface area contributed by atoms with Crippen molar-refractivity contribution in [2.45, 2.75) is 93.5 Å². The van der Waals surface area contributed by atoms with E-state index in [1.54, 1.807) is 0 Å². The van der Waals surface area contributed by atoms with E-state index < -0.39 is 75.2 Å². The molecule has 0 aromatic carbocycles. The molecule has 0 bridgehead atoms. The standard InChI is InChI=1S/C21H37O13P/c1-3-4-5-6-7-9-31-11-13-15(23)17(25)19(21(30-2)33-13)34-20-18(26)16(24)14(22)12(32-20)8-10-35(27,28)29/h1,12-26H,4-11H2,2H3,(H2,27,28,29)/t12-,13-,14-,15-,16+,17+,18+,19+,20-,21+/m1/s1. The number of aliphatic hydroxyl groups excluding tert-OH is 5. The molecule has 0 saturated carbocycles. The van der Waals surface area contributed by atoms with Gasteiger partial charge in [-0.3, -0.25) is 4.57 Å². The Kier molecular flexibility index (Phi) is 12.5. The average Bonchev–Trinajstić information content (AvgIpc) is 2.81. The molecule has 0 amide bonds. The third-order valence-corrected chi connectivity index (χ3v) is 6.77. The molecule has 2 fully saturated rings. The molecule has 2 heterocycles. The minimum Gasteiger partial charge on any atom is -0.388 e. The zero-order valence-corrected chi connectivity index (χ0v) is 20.4. The fourth-order valence-electron chi connectivity index (χ4n) is 3.90. The summed E-state index contributed by atoms with van der Waals surface area (Å²) in [6.45, 7) is 0.376. The summed E-state index contributed by atoms with van der Waals surface area (Å²) < 4.78 is 38.6. The predicted octanol–water partition coefficient (Wildman–Crippen LogP) is -1.95. The van der Waals surface area contributed by atoms with Gasteiger partial charge in [0.05, 0.1) is 18.9 Å². The molecule has 0 spiro atoms. The molecule has 0 aromatic rings. The van der Waals surface area contributed by atoms with E-state index >= 15 is 0 Å². The molecule has 2 saturated heterocycles. The molecule has 2 aliphatic heterocycles. The molecule has 13 nitrogen and oxygen atoms in total. The average molecular weight is 528 g/mol. The van der Waals surface area contributed by atoms with E-state index in [1.165, 1.54) is 7.11 Å². The largest absolute Gasteiger partial charge is 0.388 e. The first-order chi connectivity index (χ1) is 16.5. The SMILES string of the molecule is C#CCCCCCOC[C@H]1O[C@H](OC)[C@@H](O[C@H]2O[C@H](CCP(=O)(O)O)[C@@H](O)[C@H](O)[C@@H]2O)[C@@H](O)[C@@H]1O. The van der Waals surface area contributed by atoms with Crippen molar-refractivity contribution >= 4 is 7.60 Å². The molecule has 7 N–H and O–H groups in total. The zero-order chi connectivity index (χ0) is 26.2. The van der Waals surface area contributed by atoms with Crippen LogP contribution in [0.15, 0.2) is 0 Å². The third kappa shape index (κ3) is 8.98. The lowest BCUT2D eigenvalue weighted by Crippen LogP contribution is -2.64. The lowest BCUT2D eigenvalue weighted by molar-refractivity contribution is -0.363. The Morgan fingerprint density at radius 2 is 1.54 bits per heavy atom. The van der Waals surface area contributed by atoms with Crippen LogP contribution in [0.1, 0.15) is 32.1 Å². The van der Waals surface area contributed by atoms with E-state index in [0.717, 1.165) is 19.3 Å². The van der Waals surface area contributed by atoms with Crippen molar-refractivity contribution in [3.05, 3.63) is 0 Å². The van der Waals surface area contributed by atoms with E-state index in [2.05, 4.69) is 5.92 Å². The van der Waals surface area contributed by atoms with Gasteiger partial charge in [-0.15, -0.1) is 12.3 Å². The van der Waals surface area contributed by atoms with E-state index in [0.29, 0.717) is 13.0 Å². The van der Waals surface area contributed by atoms with Gasteiger partial charge in [0.25, 0.3) is 0 Å². The van der Waals surface area contributed by atoms with Gasteiger partial charge >= 0.3 is 7.60 Å². The number of ether oxygens (including phenoxy) is 5. The van der Waals surface area contributed by atoms with Gasteiger partial charge in [-0.1, -0.05) is 6.42 Å². The first kappa shape index (κ1) is 30.5. The number of terminal acetylenes is 1. The van der Waals surface area contributed by atoms with Gasteiger partial charge in [0.15, 0.2) is 12.6 Å². The van der Waals surface area contributed by atoms with Crippen molar-refractivity contribution < 1.29 is 63.6 Å². The van der Waals surface area contributed by atoms with Gasteiger partial charge in [0, 0.05) is 20.1 Å². The van der Waals surface area contributed by atoms with Crippen molar-refractivity contribution in [1.29, 1.82) is 0 Å². The van der Waals surface area contributed by atoms with E-state index in [1.807, 2.05) is 0 Å². The van der Waals surface area contributed by atoms with Gasteiger partial charge in [0.1, 0.15) is 42.7 Å². The molecule has 204 valence electrons. The van der Waals surface area contributed by atoms with Crippen LogP contribution in [-0.4, -0.2) is 123 Å². The Morgan fingerprint density at radius 1 is 0.886 bits per heavy atom. The molecular weight excluding hydrogens is 491 g/mol. The highest BCUT2D eigenvalue weighted by atomic mass is 31.2. The van der Waals surface area contributed by atoms with E-state index in [4.69, 9.17) is 39.9 Å². The van der Waals surface area contributed by atoms with Crippen molar-refractivity contribution in [2.75, 3.05) is 26.5 Å². The number of aliphatic hydroxyl groups is 5. The van der Waals surface area contributed by atoms with Crippen molar-refractivity contribution in [3.63, 3.8) is 0 Å². The molecule has 35 heavy (non-hydrogen) atoms. The highest BCUT2D eigenvalue weighted by molar-refractivity contribution is 7.51. The summed E-state index contributed by atoms with van der Waals surface area (Å²) in [6, 6.07) is 0. The summed E-state index contributed by atoms with van der Waals surface area (Å²) in [5, 5.41) is 51.8. The van der Waals surface area contributed by atoms with Gasteiger partial charge in [-0.2, -0.15) is 0 Å². The first-order valence-electron chi connectivity index (χ1n) is 11.5. The molecule has 0 unspecified atom stereocenters. The maximum absolute atomic E-state index is 11.2. The van der Waals surface area contributed by atoms with Crippen LogP contribution >= 0.6 is 7.60 Å². The van der Waals surface area contributed by atoms with Crippen LogP contribution < -0.4 is 0 Å². The number of hydrogen-bond acceptors (Lipinski definition) is 11. The quantitative estimate of drug-likeness (QED) is 0.0790. The van der Waals surface area contributed by atoms with E-state index in [9.17, 15) is 30.1 Å². The van der Waals surface area contributed by atoms with Crippen molar-refractivity contribution in [3.8, 4) is 12.3 Å². The maximum atomic E-state index is 11.2. The van der Waals surface area contributed by atoms with Gasteiger partial charge < -0.3 is 59.0 Å². The molecule has 14 heteroatoms. The number of hydrogen-bond donors (Lipinski definition) is 7. The lowest BCUT2D eigenvalue weighted by Gasteiger charge is -2.46. The van der Waals surface area contributed by atoms with Crippen LogP contribution in [0.3, 0.4) is 0 Å². The van der Waals surface area contributed by atoms with E-state index in [-0.39, 0.29) is 13.0 Å². The minimum atomic E-state index is -4.42. The molecule has 2 rings (SSSR count). The van der Waals surface area contributed by atoms with Crippen LogP contribution in [0, 0.1) is 12.3 Å². The Morgan fingerprint density at radius 3 is 2.17 bits per heavy atom. The Labute approximate surface area is 204 Å². The van der Waals surface area contributed by atoms with Crippen molar-refractivity contribution in [1.82, 2.24) is 0 Å². The fourth-order valence-corrected chi connectivity index (χ4v) is 4.49.